The van der Waals surface area contributed by atoms with Crippen LogP contribution in [0.5, 0.6) is 5.75 Å². The molecule has 3 rings (SSSR count). The number of hydrogen-bond donors (Lipinski definition) is 0. The molecule has 1 saturated heterocycles. The largest absolute Gasteiger partial charge is 0.494 e. The summed E-state index contributed by atoms with van der Waals surface area (Å²) >= 11 is 0. The molecular formula is C20H23FN2O4. The average Bonchev–Trinajstić information content (AvgIpc) is 2.91. The fraction of sp³-hybridized carbons (Fsp3) is 0.450. The van der Waals surface area contributed by atoms with Crippen LogP contribution in [0.4, 0.5) is 4.39 Å². The number of amides is 3. The van der Waals surface area contributed by atoms with Crippen molar-refractivity contribution >= 4 is 17.7 Å². The van der Waals surface area contributed by atoms with E-state index in [4.69, 9.17) is 4.74 Å². The van der Waals surface area contributed by atoms with Crippen LogP contribution in [0.15, 0.2) is 30.4 Å². The van der Waals surface area contributed by atoms with E-state index < -0.39 is 5.82 Å². The normalized spacial score (nSPS) is 21.4. The molecule has 7 heteroatoms. The Balaban J connectivity index is 1.55. The summed E-state index contributed by atoms with van der Waals surface area (Å²) in [5.74, 6) is -1.46. The maximum Gasteiger partial charge on any atom is 0.233 e. The Hall–Kier alpha value is -2.70. The van der Waals surface area contributed by atoms with Crippen LogP contribution < -0.4 is 4.74 Å². The van der Waals surface area contributed by atoms with Gasteiger partial charge in [0.25, 0.3) is 0 Å². The van der Waals surface area contributed by atoms with Crippen molar-refractivity contribution in [1.29, 1.82) is 0 Å². The molecule has 1 heterocycles. The number of nitrogens with zero attached hydrogens (tertiary/aromatic N) is 2. The lowest BCUT2D eigenvalue weighted by molar-refractivity contribution is -0.140. The number of carbonyl (C=O) groups is 3. The number of likely N-dealkylation sites (tertiary alicyclic amines) is 1. The van der Waals surface area contributed by atoms with Crippen LogP contribution in [0.25, 0.3) is 0 Å². The van der Waals surface area contributed by atoms with Crippen LogP contribution in [0, 0.1) is 17.7 Å². The van der Waals surface area contributed by atoms with Gasteiger partial charge >= 0.3 is 0 Å². The van der Waals surface area contributed by atoms with Crippen molar-refractivity contribution in [2.75, 3.05) is 20.7 Å². The molecule has 2 aliphatic rings. The summed E-state index contributed by atoms with van der Waals surface area (Å²) in [6, 6.07) is 4.53. The first-order valence-corrected chi connectivity index (χ1v) is 8.99. The second kappa shape index (κ2) is 7.90. The molecule has 0 bridgehead atoms. The van der Waals surface area contributed by atoms with E-state index in [1.807, 2.05) is 12.2 Å². The van der Waals surface area contributed by atoms with Gasteiger partial charge in [-0.25, -0.2) is 4.39 Å². The topological polar surface area (TPSA) is 66.9 Å². The van der Waals surface area contributed by atoms with E-state index in [2.05, 4.69) is 0 Å². The number of hydrogen-bond acceptors (Lipinski definition) is 4. The summed E-state index contributed by atoms with van der Waals surface area (Å²) in [5, 5.41) is 0. The van der Waals surface area contributed by atoms with Gasteiger partial charge in [0, 0.05) is 26.6 Å². The summed E-state index contributed by atoms with van der Waals surface area (Å²) < 4.78 is 18.6. The number of halogens is 1. The highest BCUT2D eigenvalue weighted by Crippen LogP contribution is 2.35. The Morgan fingerprint density at radius 3 is 2.41 bits per heavy atom. The average molecular weight is 374 g/mol. The number of allylic oxidation sites excluding steroid dienone is 2. The SMILES string of the molecule is COc1ccc(CN(C)C(=O)CCN2C(=O)[C@H]3CC=CC[C@H]3C2=O)cc1F. The van der Waals surface area contributed by atoms with E-state index in [1.165, 1.54) is 29.0 Å². The third kappa shape index (κ3) is 3.86. The minimum absolute atomic E-state index is 0.0550. The number of fused-ring (bicyclic) bond motifs is 1. The molecule has 0 spiro atoms. The number of methoxy groups -OCH3 is 1. The van der Waals surface area contributed by atoms with Crippen LogP contribution in [0.3, 0.4) is 0 Å². The molecule has 3 amide bonds. The van der Waals surface area contributed by atoms with E-state index in [1.54, 1.807) is 13.1 Å². The number of rotatable bonds is 6. The molecule has 27 heavy (non-hydrogen) atoms. The molecule has 0 radical (unpaired) electrons. The first-order valence-electron chi connectivity index (χ1n) is 8.99. The Morgan fingerprint density at radius 2 is 1.85 bits per heavy atom. The number of benzene rings is 1. The van der Waals surface area contributed by atoms with Gasteiger partial charge in [-0.1, -0.05) is 18.2 Å². The smallest absolute Gasteiger partial charge is 0.233 e. The first kappa shape index (κ1) is 19.1. The van der Waals surface area contributed by atoms with Crippen LogP contribution in [-0.2, 0) is 20.9 Å². The van der Waals surface area contributed by atoms with E-state index in [0.29, 0.717) is 18.4 Å². The predicted molar refractivity (Wildman–Crippen MR) is 96.1 cm³/mol. The maximum atomic E-state index is 13.8. The van der Waals surface area contributed by atoms with Crippen molar-refractivity contribution in [3.63, 3.8) is 0 Å². The van der Waals surface area contributed by atoms with Gasteiger partial charge < -0.3 is 9.64 Å². The van der Waals surface area contributed by atoms with E-state index in [0.717, 1.165) is 0 Å². The summed E-state index contributed by atoms with van der Waals surface area (Å²) in [7, 11) is 3.00. The quantitative estimate of drug-likeness (QED) is 0.565. The maximum absolute atomic E-state index is 13.8. The Kier molecular flexibility index (Phi) is 5.58. The van der Waals surface area contributed by atoms with Gasteiger partial charge in [-0.2, -0.15) is 0 Å². The second-order valence-electron chi connectivity index (χ2n) is 6.95. The van der Waals surface area contributed by atoms with Gasteiger partial charge in [0.15, 0.2) is 11.6 Å². The van der Waals surface area contributed by atoms with Crippen molar-refractivity contribution in [3.8, 4) is 5.75 Å². The van der Waals surface area contributed by atoms with Gasteiger partial charge in [-0.15, -0.1) is 0 Å². The lowest BCUT2D eigenvalue weighted by Gasteiger charge is -2.20. The van der Waals surface area contributed by atoms with Crippen LogP contribution in [-0.4, -0.2) is 48.2 Å². The van der Waals surface area contributed by atoms with Gasteiger partial charge in [-0.05, 0) is 30.5 Å². The van der Waals surface area contributed by atoms with Crippen LogP contribution >= 0.6 is 0 Å². The Morgan fingerprint density at radius 1 is 1.22 bits per heavy atom. The summed E-state index contributed by atoms with van der Waals surface area (Å²) in [6.45, 7) is 0.321. The standard InChI is InChI=1S/C20H23FN2O4/c1-22(12-13-7-8-17(27-2)16(21)11-13)18(24)9-10-23-19(25)14-5-3-4-6-15(14)20(23)26/h3-4,7-8,11,14-15H,5-6,9-10,12H2,1-2H3/t14-,15+. The van der Waals surface area contributed by atoms with Crippen molar-refractivity contribution in [1.82, 2.24) is 9.80 Å². The molecule has 2 atom stereocenters. The molecule has 1 aromatic rings. The van der Waals surface area contributed by atoms with Gasteiger partial charge in [0.2, 0.25) is 17.7 Å². The lowest BCUT2D eigenvalue weighted by Crippen LogP contribution is -2.36. The fourth-order valence-corrected chi connectivity index (χ4v) is 3.66. The number of ether oxygens (including phenoxy) is 1. The monoisotopic (exact) mass is 374 g/mol. The highest BCUT2D eigenvalue weighted by molar-refractivity contribution is 6.05. The highest BCUT2D eigenvalue weighted by atomic mass is 19.1. The Labute approximate surface area is 157 Å². The minimum atomic E-state index is -0.486. The van der Waals surface area contributed by atoms with E-state index in [9.17, 15) is 18.8 Å². The van der Waals surface area contributed by atoms with E-state index in [-0.39, 0.29) is 54.8 Å². The molecule has 144 valence electrons. The second-order valence-corrected chi connectivity index (χ2v) is 6.95. The molecule has 0 unspecified atom stereocenters. The zero-order valence-electron chi connectivity index (χ0n) is 15.5. The first-order chi connectivity index (χ1) is 12.9. The summed E-state index contributed by atoms with van der Waals surface area (Å²) in [4.78, 5) is 39.9. The van der Waals surface area contributed by atoms with Gasteiger partial charge in [0.05, 0.1) is 18.9 Å². The molecule has 1 aromatic carbocycles. The lowest BCUT2D eigenvalue weighted by atomic mass is 9.85. The van der Waals surface area contributed by atoms with Crippen molar-refractivity contribution in [3.05, 3.63) is 41.7 Å². The van der Waals surface area contributed by atoms with Crippen LogP contribution in [0.1, 0.15) is 24.8 Å². The molecule has 0 N–H and O–H groups in total. The molecule has 6 nitrogen and oxygen atoms in total. The molecule has 1 fully saturated rings. The van der Waals surface area contributed by atoms with Gasteiger partial charge in [-0.3, -0.25) is 19.3 Å². The Bertz CT molecular complexity index is 766. The van der Waals surface area contributed by atoms with Crippen molar-refractivity contribution in [2.45, 2.75) is 25.8 Å². The molecule has 0 saturated carbocycles. The van der Waals surface area contributed by atoms with Crippen molar-refractivity contribution in [2.24, 2.45) is 11.8 Å². The minimum Gasteiger partial charge on any atom is -0.494 e. The number of carbonyl (C=O) groups excluding carboxylic acids is 3. The third-order valence-electron chi connectivity index (χ3n) is 5.21. The summed E-state index contributed by atoms with van der Waals surface area (Å²) in [5.41, 5.74) is 0.634. The van der Waals surface area contributed by atoms with Gasteiger partial charge in [0.1, 0.15) is 0 Å². The highest BCUT2D eigenvalue weighted by Gasteiger charge is 2.46. The molecule has 1 aliphatic heterocycles. The fourth-order valence-electron chi connectivity index (χ4n) is 3.66. The summed E-state index contributed by atoms with van der Waals surface area (Å²) in [6.07, 6.45) is 5.09. The number of imide groups is 1. The molecule has 0 aromatic heterocycles. The predicted octanol–water partition coefficient (Wildman–Crippen LogP) is 2.13. The van der Waals surface area contributed by atoms with E-state index >= 15 is 0 Å². The third-order valence-corrected chi connectivity index (χ3v) is 5.21. The van der Waals surface area contributed by atoms with Crippen LogP contribution in [0.2, 0.25) is 0 Å². The van der Waals surface area contributed by atoms with Crippen molar-refractivity contribution < 1.29 is 23.5 Å². The zero-order chi connectivity index (χ0) is 19.6. The zero-order valence-corrected chi connectivity index (χ0v) is 15.5. The molecular weight excluding hydrogens is 351 g/mol. The molecule has 1 aliphatic carbocycles.